The van der Waals surface area contributed by atoms with Gasteiger partial charge in [0.15, 0.2) is 0 Å². The molecule has 2 nitrogen and oxygen atoms in total. The standard InChI is InChI=1S/C20H27NO/c1-16(2)9-10-17(20-8-5-13-22-20)11-12-21-14-18-6-3-4-7-19(18)15-21/h3-8,13,16-17H,9-12,14-15H2,1-2H3/t17-/m0/s1. The SMILES string of the molecule is CC(C)CC[C@@H](CCN1Cc2ccccc2C1)c1ccco1. The lowest BCUT2D eigenvalue weighted by Gasteiger charge is -2.20. The van der Waals surface area contributed by atoms with Crippen LogP contribution in [0, 0.1) is 5.92 Å². The molecule has 1 aliphatic rings. The minimum Gasteiger partial charge on any atom is -0.469 e. The molecule has 0 aliphatic carbocycles. The van der Waals surface area contributed by atoms with E-state index in [9.17, 15) is 0 Å². The summed E-state index contributed by atoms with van der Waals surface area (Å²) < 4.78 is 5.69. The maximum atomic E-state index is 5.69. The quantitative estimate of drug-likeness (QED) is 0.698. The first-order valence-corrected chi connectivity index (χ1v) is 8.55. The highest BCUT2D eigenvalue weighted by Gasteiger charge is 2.21. The van der Waals surface area contributed by atoms with Crippen LogP contribution < -0.4 is 0 Å². The summed E-state index contributed by atoms with van der Waals surface area (Å²) in [6.45, 7) is 7.96. The molecule has 0 amide bonds. The van der Waals surface area contributed by atoms with Gasteiger partial charge in [-0.15, -0.1) is 0 Å². The van der Waals surface area contributed by atoms with Gasteiger partial charge in [-0.1, -0.05) is 44.5 Å². The van der Waals surface area contributed by atoms with Crippen LogP contribution >= 0.6 is 0 Å². The van der Waals surface area contributed by atoms with E-state index in [1.807, 2.05) is 12.3 Å². The molecule has 0 bridgehead atoms. The second kappa shape index (κ2) is 7.15. The monoisotopic (exact) mass is 297 g/mol. The van der Waals surface area contributed by atoms with Crippen molar-refractivity contribution in [2.45, 2.75) is 52.1 Å². The number of benzene rings is 1. The fraction of sp³-hybridized carbons (Fsp3) is 0.500. The van der Waals surface area contributed by atoms with Gasteiger partial charge in [0.05, 0.1) is 6.26 Å². The van der Waals surface area contributed by atoms with Crippen molar-refractivity contribution < 1.29 is 4.42 Å². The van der Waals surface area contributed by atoms with Gasteiger partial charge < -0.3 is 4.42 Å². The molecule has 2 aromatic rings. The van der Waals surface area contributed by atoms with Gasteiger partial charge in [0, 0.05) is 19.0 Å². The molecule has 1 aromatic heterocycles. The number of hydrogen-bond donors (Lipinski definition) is 0. The molecule has 1 aromatic carbocycles. The van der Waals surface area contributed by atoms with E-state index in [4.69, 9.17) is 4.42 Å². The summed E-state index contributed by atoms with van der Waals surface area (Å²) >= 11 is 0. The third-order valence-corrected chi connectivity index (χ3v) is 4.74. The molecule has 1 aliphatic heterocycles. The number of nitrogens with zero attached hydrogens (tertiary/aromatic N) is 1. The van der Waals surface area contributed by atoms with Gasteiger partial charge in [0.25, 0.3) is 0 Å². The van der Waals surface area contributed by atoms with Crippen molar-refractivity contribution in [1.29, 1.82) is 0 Å². The second-order valence-corrected chi connectivity index (χ2v) is 6.95. The van der Waals surface area contributed by atoms with Crippen molar-refractivity contribution in [3.05, 3.63) is 59.5 Å². The van der Waals surface area contributed by atoms with Crippen LogP contribution in [0.2, 0.25) is 0 Å². The van der Waals surface area contributed by atoms with E-state index in [0.717, 1.165) is 31.3 Å². The van der Waals surface area contributed by atoms with Crippen LogP contribution in [0.15, 0.2) is 47.1 Å². The van der Waals surface area contributed by atoms with Crippen LogP contribution in [0.1, 0.15) is 55.9 Å². The fourth-order valence-corrected chi connectivity index (χ4v) is 3.39. The molecule has 22 heavy (non-hydrogen) atoms. The first-order valence-electron chi connectivity index (χ1n) is 8.55. The zero-order valence-electron chi connectivity index (χ0n) is 13.8. The van der Waals surface area contributed by atoms with Crippen molar-refractivity contribution in [2.24, 2.45) is 5.92 Å². The summed E-state index contributed by atoms with van der Waals surface area (Å²) in [6.07, 6.45) is 5.50. The summed E-state index contributed by atoms with van der Waals surface area (Å²) in [4.78, 5) is 2.57. The third kappa shape index (κ3) is 3.80. The zero-order chi connectivity index (χ0) is 15.4. The second-order valence-electron chi connectivity index (χ2n) is 6.95. The van der Waals surface area contributed by atoms with Crippen molar-refractivity contribution in [2.75, 3.05) is 6.54 Å². The summed E-state index contributed by atoms with van der Waals surface area (Å²) in [5, 5.41) is 0. The van der Waals surface area contributed by atoms with E-state index >= 15 is 0 Å². The number of hydrogen-bond acceptors (Lipinski definition) is 2. The minimum absolute atomic E-state index is 0.557. The number of furan rings is 1. The lowest BCUT2D eigenvalue weighted by molar-refractivity contribution is 0.260. The van der Waals surface area contributed by atoms with E-state index < -0.39 is 0 Å². The molecule has 2 heteroatoms. The van der Waals surface area contributed by atoms with Crippen molar-refractivity contribution in [1.82, 2.24) is 4.90 Å². The Morgan fingerprint density at radius 3 is 2.27 bits per heavy atom. The van der Waals surface area contributed by atoms with Crippen molar-refractivity contribution in [3.8, 4) is 0 Å². The molecule has 2 heterocycles. The van der Waals surface area contributed by atoms with Gasteiger partial charge in [0.1, 0.15) is 5.76 Å². The topological polar surface area (TPSA) is 16.4 Å². The van der Waals surface area contributed by atoms with E-state index in [1.54, 1.807) is 0 Å². The predicted octanol–water partition coefficient (Wildman–Crippen LogP) is 5.21. The predicted molar refractivity (Wildman–Crippen MR) is 90.7 cm³/mol. The Kier molecular flexibility index (Phi) is 4.99. The van der Waals surface area contributed by atoms with Gasteiger partial charge in [-0.3, -0.25) is 4.90 Å². The van der Waals surface area contributed by atoms with Gasteiger partial charge in [-0.25, -0.2) is 0 Å². The van der Waals surface area contributed by atoms with Crippen molar-refractivity contribution in [3.63, 3.8) is 0 Å². The number of fused-ring (bicyclic) bond motifs is 1. The van der Waals surface area contributed by atoms with E-state index in [-0.39, 0.29) is 0 Å². The molecule has 3 rings (SSSR count). The maximum absolute atomic E-state index is 5.69. The van der Waals surface area contributed by atoms with Crippen LogP contribution in [-0.4, -0.2) is 11.4 Å². The Morgan fingerprint density at radius 2 is 1.68 bits per heavy atom. The van der Waals surface area contributed by atoms with E-state index in [0.29, 0.717) is 5.92 Å². The van der Waals surface area contributed by atoms with Crippen LogP contribution in [0.25, 0.3) is 0 Å². The Balaban J connectivity index is 1.56. The molecule has 0 saturated carbocycles. The molecule has 0 fully saturated rings. The maximum Gasteiger partial charge on any atom is 0.106 e. The average molecular weight is 297 g/mol. The van der Waals surface area contributed by atoms with Crippen LogP contribution in [0.5, 0.6) is 0 Å². The average Bonchev–Trinajstić information content (AvgIpc) is 3.15. The molecule has 1 atom stereocenters. The van der Waals surface area contributed by atoms with Crippen molar-refractivity contribution >= 4 is 0 Å². The first-order chi connectivity index (χ1) is 10.7. The smallest absolute Gasteiger partial charge is 0.106 e. The highest BCUT2D eigenvalue weighted by Crippen LogP contribution is 2.29. The fourth-order valence-electron chi connectivity index (χ4n) is 3.39. The molecular formula is C20H27NO. The van der Waals surface area contributed by atoms with E-state index in [2.05, 4.69) is 49.1 Å². The largest absolute Gasteiger partial charge is 0.469 e. The van der Waals surface area contributed by atoms with E-state index in [1.165, 1.54) is 30.4 Å². The lowest BCUT2D eigenvalue weighted by atomic mass is 9.93. The Labute approximate surface area is 134 Å². The Bertz CT molecular complexity index is 548. The van der Waals surface area contributed by atoms with Gasteiger partial charge in [-0.2, -0.15) is 0 Å². The molecule has 118 valence electrons. The highest BCUT2D eigenvalue weighted by molar-refractivity contribution is 5.30. The molecule has 0 saturated heterocycles. The van der Waals surface area contributed by atoms with Crippen LogP contribution in [0.3, 0.4) is 0 Å². The van der Waals surface area contributed by atoms with Gasteiger partial charge in [0.2, 0.25) is 0 Å². The van der Waals surface area contributed by atoms with Gasteiger partial charge >= 0.3 is 0 Å². The normalized spacial score (nSPS) is 16.1. The Hall–Kier alpha value is -1.54. The molecule has 0 unspecified atom stereocenters. The minimum atomic E-state index is 0.557. The third-order valence-electron chi connectivity index (χ3n) is 4.74. The number of rotatable bonds is 7. The molecular weight excluding hydrogens is 270 g/mol. The molecule has 0 spiro atoms. The highest BCUT2D eigenvalue weighted by atomic mass is 16.3. The van der Waals surface area contributed by atoms with Crippen LogP contribution in [0.4, 0.5) is 0 Å². The first kappa shape index (κ1) is 15.4. The molecule has 0 N–H and O–H groups in total. The van der Waals surface area contributed by atoms with Gasteiger partial charge in [-0.05, 0) is 48.6 Å². The summed E-state index contributed by atoms with van der Waals surface area (Å²) in [6, 6.07) is 13.0. The zero-order valence-corrected chi connectivity index (χ0v) is 13.8. The van der Waals surface area contributed by atoms with Crippen LogP contribution in [-0.2, 0) is 13.1 Å². The molecule has 0 radical (unpaired) electrons. The lowest BCUT2D eigenvalue weighted by Crippen LogP contribution is -2.20. The summed E-state index contributed by atoms with van der Waals surface area (Å²) in [5.74, 6) is 2.48. The Morgan fingerprint density at radius 1 is 0.955 bits per heavy atom. The summed E-state index contributed by atoms with van der Waals surface area (Å²) in [5.41, 5.74) is 3.00. The summed E-state index contributed by atoms with van der Waals surface area (Å²) in [7, 11) is 0.